The molecule has 7 nitrogen and oxygen atoms in total. The third-order valence-corrected chi connectivity index (χ3v) is 4.28. The van der Waals surface area contributed by atoms with Crippen molar-refractivity contribution in [2.75, 3.05) is 11.9 Å². The lowest BCUT2D eigenvalue weighted by molar-refractivity contribution is -0.153. The van der Waals surface area contributed by atoms with Gasteiger partial charge in [0.2, 0.25) is 0 Å². The molecule has 2 rings (SSSR count). The van der Waals surface area contributed by atoms with E-state index in [0.717, 1.165) is 0 Å². The molecule has 0 aliphatic heterocycles. The fourth-order valence-corrected chi connectivity index (χ4v) is 2.61. The van der Waals surface area contributed by atoms with Crippen LogP contribution < -0.4 is 10.1 Å². The largest absolute Gasteiger partial charge is 0.494 e. The SMILES string of the molecule is CCOc1ccc(C(=O)CCC(=O)O[C@@H](C)C(=O)Nc2ccc(C(C)=O)cc2)cc1. The van der Waals surface area contributed by atoms with Gasteiger partial charge in [-0.3, -0.25) is 19.2 Å². The minimum Gasteiger partial charge on any atom is -0.494 e. The first-order chi connectivity index (χ1) is 14.3. The topological polar surface area (TPSA) is 98.8 Å². The van der Waals surface area contributed by atoms with Crippen LogP contribution in [0.3, 0.4) is 0 Å². The van der Waals surface area contributed by atoms with E-state index in [9.17, 15) is 19.2 Å². The molecule has 0 aromatic heterocycles. The Morgan fingerprint density at radius 1 is 0.900 bits per heavy atom. The van der Waals surface area contributed by atoms with E-state index in [1.165, 1.54) is 13.8 Å². The Morgan fingerprint density at radius 3 is 2.07 bits per heavy atom. The van der Waals surface area contributed by atoms with Gasteiger partial charge in [0, 0.05) is 23.2 Å². The highest BCUT2D eigenvalue weighted by molar-refractivity contribution is 5.99. The molecule has 2 aromatic rings. The average molecular weight is 411 g/mol. The predicted molar refractivity (Wildman–Crippen MR) is 112 cm³/mol. The van der Waals surface area contributed by atoms with Crippen molar-refractivity contribution >= 4 is 29.1 Å². The molecular formula is C23H25NO6. The second-order valence-corrected chi connectivity index (χ2v) is 6.64. The van der Waals surface area contributed by atoms with Crippen molar-refractivity contribution in [3.05, 3.63) is 59.7 Å². The van der Waals surface area contributed by atoms with E-state index in [0.29, 0.717) is 29.2 Å². The number of amides is 1. The minimum absolute atomic E-state index is 0.0202. The van der Waals surface area contributed by atoms with Crippen molar-refractivity contribution in [3.8, 4) is 5.75 Å². The summed E-state index contributed by atoms with van der Waals surface area (Å²) in [6, 6.07) is 13.1. The molecule has 158 valence electrons. The van der Waals surface area contributed by atoms with Crippen molar-refractivity contribution in [3.63, 3.8) is 0 Å². The Morgan fingerprint density at radius 2 is 1.50 bits per heavy atom. The Bertz CT molecular complexity index is 902. The second kappa shape index (κ2) is 10.9. The molecule has 0 fully saturated rings. The summed E-state index contributed by atoms with van der Waals surface area (Å²) in [7, 11) is 0. The van der Waals surface area contributed by atoms with Crippen LogP contribution in [0.5, 0.6) is 5.75 Å². The van der Waals surface area contributed by atoms with Crippen molar-refractivity contribution in [1.82, 2.24) is 0 Å². The molecule has 0 aliphatic carbocycles. The number of esters is 1. The maximum absolute atomic E-state index is 12.2. The zero-order chi connectivity index (χ0) is 22.1. The summed E-state index contributed by atoms with van der Waals surface area (Å²) in [6.07, 6.45) is -1.17. The summed E-state index contributed by atoms with van der Waals surface area (Å²) in [5.74, 6) is -0.738. The van der Waals surface area contributed by atoms with Crippen LogP contribution in [0.15, 0.2) is 48.5 Å². The quantitative estimate of drug-likeness (QED) is 0.471. The van der Waals surface area contributed by atoms with E-state index in [2.05, 4.69) is 5.32 Å². The fourth-order valence-electron chi connectivity index (χ4n) is 2.61. The number of ether oxygens (including phenoxy) is 2. The first-order valence-corrected chi connectivity index (χ1v) is 9.67. The van der Waals surface area contributed by atoms with Crippen LogP contribution in [-0.2, 0) is 14.3 Å². The third kappa shape index (κ3) is 6.84. The summed E-state index contributed by atoms with van der Waals surface area (Å²) in [5, 5.41) is 2.61. The van der Waals surface area contributed by atoms with Crippen LogP contribution >= 0.6 is 0 Å². The van der Waals surface area contributed by atoms with E-state index in [4.69, 9.17) is 9.47 Å². The van der Waals surface area contributed by atoms with Gasteiger partial charge in [0.25, 0.3) is 5.91 Å². The molecular weight excluding hydrogens is 386 g/mol. The highest BCUT2D eigenvalue weighted by Gasteiger charge is 2.19. The van der Waals surface area contributed by atoms with Gasteiger partial charge in [0.15, 0.2) is 17.7 Å². The van der Waals surface area contributed by atoms with Crippen LogP contribution in [0.1, 0.15) is 54.3 Å². The molecule has 0 saturated heterocycles. The maximum atomic E-state index is 12.2. The van der Waals surface area contributed by atoms with E-state index in [1.54, 1.807) is 48.5 Å². The number of rotatable bonds is 10. The molecule has 1 amide bonds. The second-order valence-electron chi connectivity index (χ2n) is 6.64. The summed E-state index contributed by atoms with van der Waals surface area (Å²) in [6.45, 7) is 5.31. The number of ketones is 2. The van der Waals surface area contributed by atoms with Gasteiger partial charge < -0.3 is 14.8 Å². The van der Waals surface area contributed by atoms with E-state index < -0.39 is 18.0 Å². The number of anilines is 1. The standard InChI is InChI=1S/C23H25NO6/c1-4-29-20-11-7-18(8-12-20)21(26)13-14-22(27)30-16(3)23(28)24-19-9-5-17(6-10-19)15(2)25/h5-12,16H,4,13-14H2,1-3H3,(H,24,28)/t16-/m0/s1. The average Bonchev–Trinajstić information content (AvgIpc) is 2.73. The van der Waals surface area contributed by atoms with Crippen molar-refractivity contribution in [2.24, 2.45) is 0 Å². The Hall–Kier alpha value is -3.48. The van der Waals surface area contributed by atoms with Crippen LogP contribution in [0.25, 0.3) is 0 Å². The summed E-state index contributed by atoms with van der Waals surface area (Å²) < 4.78 is 10.4. The van der Waals surface area contributed by atoms with Gasteiger partial charge in [-0.25, -0.2) is 0 Å². The van der Waals surface area contributed by atoms with Crippen LogP contribution in [-0.4, -0.2) is 36.2 Å². The van der Waals surface area contributed by atoms with Crippen molar-refractivity contribution in [1.29, 1.82) is 0 Å². The first-order valence-electron chi connectivity index (χ1n) is 9.67. The zero-order valence-corrected chi connectivity index (χ0v) is 17.3. The lowest BCUT2D eigenvalue weighted by Gasteiger charge is -2.13. The Balaban J connectivity index is 1.79. The molecule has 0 aliphatic rings. The predicted octanol–water partition coefficient (Wildman–Crippen LogP) is 3.82. The molecule has 0 radical (unpaired) electrons. The molecule has 2 aromatic carbocycles. The van der Waals surface area contributed by atoms with Crippen molar-refractivity contribution in [2.45, 2.75) is 39.7 Å². The van der Waals surface area contributed by atoms with E-state index in [-0.39, 0.29) is 24.4 Å². The number of carbonyl (C=O) groups excluding carboxylic acids is 4. The van der Waals surface area contributed by atoms with Gasteiger partial charge in [0.05, 0.1) is 13.0 Å². The summed E-state index contributed by atoms with van der Waals surface area (Å²) in [4.78, 5) is 47.6. The highest BCUT2D eigenvalue weighted by atomic mass is 16.5. The molecule has 7 heteroatoms. The third-order valence-electron chi connectivity index (χ3n) is 4.28. The molecule has 1 N–H and O–H groups in total. The summed E-state index contributed by atoms with van der Waals surface area (Å²) in [5.41, 5.74) is 1.49. The first kappa shape index (κ1) is 22.8. The molecule has 0 bridgehead atoms. The molecule has 0 saturated carbocycles. The fraction of sp³-hybridized carbons (Fsp3) is 0.304. The zero-order valence-electron chi connectivity index (χ0n) is 17.3. The number of hydrogen-bond acceptors (Lipinski definition) is 6. The maximum Gasteiger partial charge on any atom is 0.307 e. The van der Waals surface area contributed by atoms with E-state index >= 15 is 0 Å². The summed E-state index contributed by atoms with van der Waals surface area (Å²) >= 11 is 0. The number of nitrogens with one attached hydrogen (secondary N) is 1. The smallest absolute Gasteiger partial charge is 0.307 e. The van der Waals surface area contributed by atoms with Crippen LogP contribution in [0.4, 0.5) is 5.69 Å². The van der Waals surface area contributed by atoms with Gasteiger partial charge in [-0.2, -0.15) is 0 Å². The van der Waals surface area contributed by atoms with Gasteiger partial charge in [-0.05, 0) is 69.3 Å². The molecule has 0 unspecified atom stereocenters. The number of carbonyl (C=O) groups is 4. The highest BCUT2D eigenvalue weighted by Crippen LogP contribution is 2.15. The Labute approximate surface area is 175 Å². The monoisotopic (exact) mass is 411 g/mol. The number of benzene rings is 2. The van der Waals surface area contributed by atoms with Crippen LogP contribution in [0, 0.1) is 0 Å². The van der Waals surface area contributed by atoms with E-state index in [1.807, 2.05) is 6.92 Å². The molecule has 30 heavy (non-hydrogen) atoms. The van der Waals surface area contributed by atoms with Gasteiger partial charge >= 0.3 is 5.97 Å². The molecule has 0 heterocycles. The lowest BCUT2D eigenvalue weighted by atomic mass is 10.1. The lowest BCUT2D eigenvalue weighted by Crippen LogP contribution is -2.30. The van der Waals surface area contributed by atoms with Crippen molar-refractivity contribution < 1.29 is 28.7 Å². The van der Waals surface area contributed by atoms with Gasteiger partial charge in [0.1, 0.15) is 5.75 Å². The Kier molecular flexibility index (Phi) is 8.29. The molecule has 0 spiro atoms. The number of hydrogen-bond donors (Lipinski definition) is 1. The van der Waals surface area contributed by atoms with Gasteiger partial charge in [-0.1, -0.05) is 0 Å². The van der Waals surface area contributed by atoms with Gasteiger partial charge in [-0.15, -0.1) is 0 Å². The van der Waals surface area contributed by atoms with Crippen LogP contribution in [0.2, 0.25) is 0 Å². The normalized spacial score (nSPS) is 11.3. The number of Topliss-reactive ketones (excluding diaryl/α,β-unsaturated/α-hetero) is 2. The minimum atomic E-state index is -1.02. The molecule has 1 atom stereocenters.